The second kappa shape index (κ2) is 5.72. The maximum Gasteiger partial charge on any atom is 0.302 e. The molecule has 0 unspecified atom stereocenters. The predicted octanol–water partition coefficient (Wildman–Crippen LogP) is -0.549. The highest BCUT2D eigenvalue weighted by Gasteiger charge is 2.31. The SMILES string of the molecule is CC(=O)OC/C(CS)=C(\C(N)=O)N1CCC1=O. The van der Waals surface area contributed by atoms with E-state index >= 15 is 0 Å². The van der Waals surface area contributed by atoms with Gasteiger partial charge >= 0.3 is 5.97 Å². The van der Waals surface area contributed by atoms with Crippen LogP contribution in [0.1, 0.15) is 13.3 Å². The smallest absolute Gasteiger partial charge is 0.302 e. The Morgan fingerprint density at radius 1 is 1.53 bits per heavy atom. The number of rotatable bonds is 5. The van der Waals surface area contributed by atoms with Gasteiger partial charge in [0.25, 0.3) is 5.91 Å². The topological polar surface area (TPSA) is 89.7 Å². The quantitative estimate of drug-likeness (QED) is 0.300. The number of nitrogens with zero attached hydrogens (tertiary/aromatic N) is 1. The molecule has 0 saturated carbocycles. The van der Waals surface area contributed by atoms with Crippen molar-refractivity contribution in [3.05, 3.63) is 11.3 Å². The lowest BCUT2D eigenvalue weighted by atomic mass is 10.1. The molecule has 94 valence electrons. The summed E-state index contributed by atoms with van der Waals surface area (Å²) in [4.78, 5) is 34.6. The van der Waals surface area contributed by atoms with Crippen molar-refractivity contribution in [2.24, 2.45) is 5.73 Å². The Labute approximate surface area is 104 Å². The van der Waals surface area contributed by atoms with Crippen LogP contribution in [0.25, 0.3) is 0 Å². The normalized spacial score (nSPS) is 16.1. The lowest BCUT2D eigenvalue weighted by molar-refractivity contribution is -0.140. The number of ether oxygens (including phenoxy) is 1. The number of carbonyl (C=O) groups is 3. The molecule has 17 heavy (non-hydrogen) atoms. The first-order chi connectivity index (χ1) is 7.97. The molecule has 1 saturated heterocycles. The van der Waals surface area contributed by atoms with Crippen LogP contribution in [0, 0.1) is 0 Å². The highest BCUT2D eigenvalue weighted by atomic mass is 32.1. The average molecular weight is 258 g/mol. The number of amides is 2. The van der Waals surface area contributed by atoms with E-state index < -0.39 is 11.9 Å². The van der Waals surface area contributed by atoms with Gasteiger partial charge in [-0.3, -0.25) is 14.4 Å². The number of hydrogen-bond donors (Lipinski definition) is 2. The van der Waals surface area contributed by atoms with Crippen molar-refractivity contribution < 1.29 is 19.1 Å². The van der Waals surface area contributed by atoms with E-state index in [1.54, 1.807) is 0 Å². The van der Waals surface area contributed by atoms with Crippen molar-refractivity contribution in [1.82, 2.24) is 4.90 Å². The molecule has 0 radical (unpaired) electrons. The van der Waals surface area contributed by atoms with E-state index in [9.17, 15) is 14.4 Å². The van der Waals surface area contributed by atoms with Crippen molar-refractivity contribution in [2.75, 3.05) is 18.9 Å². The van der Waals surface area contributed by atoms with Crippen LogP contribution < -0.4 is 5.73 Å². The van der Waals surface area contributed by atoms with Crippen molar-refractivity contribution in [1.29, 1.82) is 0 Å². The van der Waals surface area contributed by atoms with Gasteiger partial charge in [0.05, 0.1) is 0 Å². The van der Waals surface area contributed by atoms with E-state index in [0.29, 0.717) is 18.5 Å². The van der Waals surface area contributed by atoms with Gasteiger partial charge in [-0.1, -0.05) is 0 Å². The largest absolute Gasteiger partial charge is 0.461 e. The molecule has 1 fully saturated rings. The first-order valence-electron chi connectivity index (χ1n) is 5.03. The maximum atomic E-state index is 11.3. The Morgan fingerprint density at radius 2 is 2.18 bits per heavy atom. The first-order valence-corrected chi connectivity index (χ1v) is 5.67. The van der Waals surface area contributed by atoms with Crippen LogP contribution in [-0.4, -0.2) is 41.6 Å². The monoisotopic (exact) mass is 258 g/mol. The number of likely N-dealkylation sites (tertiary alicyclic amines) is 1. The molecular weight excluding hydrogens is 244 g/mol. The number of primary amides is 1. The zero-order valence-electron chi connectivity index (χ0n) is 9.43. The second-order valence-corrected chi connectivity index (χ2v) is 3.87. The standard InChI is InChI=1S/C10H14N2O4S/c1-6(13)16-4-7(5-17)9(10(11)15)12-3-2-8(12)14/h17H,2-5H2,1H3,(H2,11,15)/b9-7-. The number of carbonyl (C=O) groups excluding carboxylic acids is 3. The fraction of sp³-hybridized carbons (Fsp3) is 0.500. The number of thiol groups is 1. The van der Waals surface area contributed by atoms with Crippen LogP contribution in [-0.2, 0) is 19.1 Å². The Morgan fingerprint density at radius 3 is 2.47 bits per heavy atom. The van der Waals surface area contributed by atoms with Crippen LogP contribution in [0.2, 0.25) is 0 Å². The van der Waals surface area contributed by atoms with Gasteiger partial charge in [0.1, 0.15) is 12.3 Å². The van der Waals surface area contributed by atoms with Gasteiger partial charge < -0.3 is 15.4 Å². The van der Waals surface area contributed by atoms with E-state index in [2.05, 4.69) is 12.6 Å². The maximum absolute atomic E-state index is 11.3. The lowest BCUT2D eigenvalue weighted by Gasteiger charge is -2.32. The molecule has 1 aliphatic rings. The second-order valence-electron chi connectivity index (χ2n) is 3.55. The van der Waals surface area contributed by atoms with Crippen LogP contribution in [0.15, 0.2) is 11.3 Å². The average Bonchev–Trinajstić information content (AvgIpc) is 2.25. The minimum Gasteiger partial charge on any atom is -0.461 e. The molecule has 0 spiro atoms. The molecule has 7 heteroatoms. The molecule has 6 nitrogen and oxygen atoms in total. The summed E-state index contributed by atoms with van der Waals surface area (Å²) in [7, 11) is 0. The van der Waals surface area contributed by atoms with Gasteiger partial charge in [0, 0.05) is 31.2 Å². The summed E-state index contributed by atoms with van der Waals surface area (Å²) < 4.78 is 4.79. The minimum atomic E-state index is -0.714. The van der Waals surface area contributed by atoms with Gasteiger partial charge in [-0.05, 0) is 0 Å². The summed E-state index contributed by atoms with van der Waals surface area (Å²) in [6, 6.07) is 0. The van der Waals surface area contributed by atoms with E-state index in [-0.39, 0.29) is 24.0 Å². The Bertz CT molecular complexity index is 392. The molecule has 0 atom stereocenters. The highest BCUT2D eigenvalue weighted by Crippen LogP contribution is 2.20. The molecule has 2 amide bonds. The molecule has 0 aromatic heterocycles. The molecule has 0 aliphatic carbocycles. The zero-order valence-corrected chi connectivity index (χ0v) is 10.3. The minimum absolute atomic E-state index is 0.0825. The summed E-state index contributed by atoms with van der Waals surface area (Å²) in [6.45, 7) is 1.63. The Balaban J connectivity index is 2.93. The molecule has 1 aliphatic heterocycles. The van der Waals surface area contributed by atoms with Crippen molar-refractivity contribution >= 4 is 30.4 Å². The fourth-order valence-corrected chi connectivity index (χ4v) is 1.67. The first kappa shape index (κ1) is 13.6. The van der Waals surface area contributed by atoms with Gasteiger partial charge in [0.15, 0.2) is 0 Å². The molecule has 1 rings (SSSR count). The predicted molar refractivity (Wildman–Crippen MR) is 63.0 cm³/mol. The van der Waals surface area contributed by atoms with Crippen LogP contribution in [0.5, 0.6) is 0 Å². The number of nitrogens with two attached hydrogens (primary N) is 1. The van der Waals surface area contributed by atoms with Crippen molar-refractivity contribution in [3.8, 4) is 0 Å². The summed E-state index contributed by atoms with van der Waals surface area (Å²) in [5.74, 6) is -1.16. The van der Waals surface area contributed by atoms with E-state index in [1.165, 1.54) is 11.8 Å². The third-order valence-corrected chi connectivity index (χ3v) is 2.71. The molecular formula is C10H14N2O4S. The van der Waals surface area contributed by atoms with Crippen molar-refractivity contribution in [3.63, 3.8) is 0 Å². The molecule has 1 heterocycles. The van der Waals surface area contributed by atoms with Gasteiger partial charge in [-0.15, -0.1) is 0 Å². The van der Waals surface area contributed by atoms with E-state index in [1.807, 2.05) is 0 Å². The summed E-state index contributed by atoms with van der Waals surface area (Å²) in [6.07, 6.45) is 0.393. The number of β-lactam (4-membered cyclic amide) rings is 1. The van der Waals surface area contributed by atoms with Crippen LogP contribution in [0.4, 0.5) is 0 Å². The van der Waals surface area contributed by atoms with Gasteiger partial charge in [0.2, 0.25) is 5.91 Å². The summed E-state index contributed by atoms with van der Waals surface area (Å²) in [5, 5.41) is 0. The van der Waals surface area contributed by atoms with Crippen LogP contribution >= 0.6 is 12.6 Å². The van der Waals surface area contributed by atoms with Crippen LogP contribution in [0.3, 0.4) is 0 Å². The molecule has 0 aromatic carbocycles. The fourth-order valence-electron chi connectivity index (χ4n) is 1.43. The van der Waals surface area contributed by atoms with E-state index in [4.69, 9.17) is 10.5 Å². The number of hydrogen-bond acceptors (Lipinski definition) is 5. The Kier molecular flexibility index (Phi) is 4.56. The highest BCUT2D eigenvalue weighted by molar-refractivity contribution is 7.80. The molecule has 0 aromatic rings. The Hall–Kier alpha value is -1.50. The summed E-state index contributed by atoms with van der Waals surface area (Å²) >= 11 is 4.04. The lowest BCUT2D eigenvalue weighted by Crippen LogP contribution is -2.47. The summed E-state index contributed by atoms with van der Waals surface area (Å²) in [5.41, 5.74) is 5.76. The van der Waals surface area contributed by atoms with E-state index in [0.717, 1.165) is 0 Å². The third kappa shape index (κ3) is 3.23. The van der Waals surface area contributed by atoms with Gasteiger partial charge in [-0.2, -0.15) is 12.6 Å². The zero-order chi connectivity index (χ0) is 13.0. The van der Waals surface area contributed by atoms with Crippen molar-refractivity contribution in [2.45, 2.75) is 13.3 Å². The third-order valence-electron chi connectivity index (χ3n) is 2.33. The van der Waals surface area contributed by atoms with Gasteiger partial charge in [-0.25, -0.2) is 0 Å². The molecule has 0 bridgehead atoms. The molecule has 2 N–H and O–H groups in total. The number of esters is 1.